The van der Waals surface area contributed by atoms with Crippen LogP contribution in [0.5, 0.6) is 5.75 Å². The summed E-state index contributed by atoms with van der Waals surface area (Å²) < 4.78 is 5.64. The van der Waals surface area contributed by atoms with Gasteiger partial charge in [-0.15, -0.1) is 0 Å². The number of ether oxygens (including phenoxy) is 1. The molecule has 0 saturated carbocycles. The Morgan fingerprint density at radius 2 is 1.88 bits per heavy atom. The van der Waals surface area contributed by atoms with Gasteiger partial charge >= 0.3 is 0 Å². The Hall–Kier alpha value is -2.59. The molecule has 0 fully saturated rings. The number of amides is 1. The van der Waals surface area contributed by atoms with Crippen molar-refractivity contribution in [3.05, 3.63) is 64.7 Å². The van der Waals surface area contributed by atoms with E-state index >= 15 is 0 Å². The number of benzene rings is 2. The van der Waals surface area contributed by atoms with Gasteiger partial charge in [0, 0.05) is 0 Å². The Bertz CT molecular complexity index is 857. The van der Waals surface area contributed by atoms with Gasteiger partial charge in [-0.3, -0.25) is 4.79 Å². The maximum atomic E-state index is 12.7. The molecule has 2 aromatic rings. The Morgan fingerprint density at radius 3 is 2.52 bits per heavy atom. The predicted molar refractivity (Wildman–Crippen MR) is 102 cm³/mol. The van der Waals surface area contributed by atoms with E-state index in [4.69, 9.17) is 16.3 Å². The molecule has 4 nitrogen and oxygen atoms in total. The van der Waals surface area contributed by atoms with Crippen molar-refractivity contribution in [1.29, 1.82) is 0 Å². The Morgan fingerprint density at radius 1 is 1.16 bits per heavy atom. The lowest BCUT2D eigenvalue weighted by Gasteiger charge is -2.12. The summed E-state index contributed by atoms with van der Waals surface area (Å²) in [5.74, 6) is 0.482. The van der Waals surface area contributed by atoms with Crippen molar-refractivity contribution in [3.63, 3.8) is 0 Å². The van der Waals surface area contributed by atoms with E-state index < -0.39 is 0 Å². The number of nitrogens with zero attached hydrogens (tertiary/aromatic N) is 2. The quantitative estimate of drug-likeness (QED) is 0.730. The number of carbonyl (C=O) groups excluding carboxylic acids is 1. The molecule has 0 radical (unpaired) electrons. The van der Waals surface area contributed by atoms with E-state index in [9.17, 15) is 4.79 Å². The molecule has 0 aliphatic carbocycles. The van der Waals surface area contributed by atoms with Crippen molar-refractivity contribution >= 4 is 35.0 Å². The average molecular weight is 355 g/mol. The second kappa shape index (κ2) is 7.11. The van der Waals surface area contributed by atoms with Crippen LogP contribution in [0.25, 0.3) is 6.08 Å². The number of halogens is 1. The van der Waals surface area contributed by atoms with Gasteiger partial charge in [0.2, 0.25) is 0 Å². The van der Waals surface area contributed by atoms with Gasteiger partial charge in [-0.1, -0.05) is 35.9 Å². The van der Waals surface area contributed by atoms with Crippen LogP contribution in [-0.2, 0) is 4.79 Å². The third kappa shape index (κ3) is 3.74. The van der Waals surface area contributed by atoms with E-state index in [1.807, 2.05) is 63.2 Å². The minimum Gasteiger partial charge on any atom is -0.489 e. The normalized spacial score (nSPS) is 15.9. The first-order valence-corrected chi connectivity index (χ1v) is 8.46. The summed E-state index contributed by atoms with van der Waals surface area (Å²) in [5, 5.41) is 6.30. The summed E-state index contributed by atoms with van der Waals surface area (Å²) in [5.41, 5.74) is 2.80. The molecule has 25 heavy (non-hydrogen) atoms. The van der Waals surface area contributed by atoms with E-state index in [1.165, 1.54) is 5.01 Å². The van der Waals surface area contributed by atoms with Gasteiger partial charge in [0.1, 0.15) is 5.75 Å². The van der Waals surface area contributed by atoms with Crippen LogP contribution >= 0.6 is 11.6 Å². The molecular formula is C20H19ClN2O2. The molecule has 1 aliphatic heterocycles. The van der Waals surface area contributed by atoms with Gasteiger partial charge in [0.15, 0.2) is 0 Å². The van der Waals surface area contributed by atoms with Crippen molar-refractivity contribution < 1.29 is 9.53 Å². The number of rotatable bonds is 4. The molecule has 0 aromatic heterocycles. The fraction of sp³-hybridized carbons (Fsp3) is 0.200. The third-order valence-electron chi connectivity index (χ3n) is 3.69. The second-order valence-electron chi connectivity index (χ2n) is 6.05. The fourth-order valence-corrected chi connectivity index (χ4v) is 2.79. The Kier molecular flexibility index (Phi) is 4.91. The molecule has 5 heteroatoms. The van der Waals surface area contributed by atoms with Crippen LogP contribution in [-0.4, -0.2) is 17.7 Å². The molecule has 2 aromatic carbocycles. The van der Waals surface area contributed by atoms with Crippen LogP contribution in [0.2, 0.25) is 5.02 Å². The number of carbonyl (C=O) groups is 1. The van der Waals surface area contributed by atoms with E-state index in [1.54, 1.807) is 12.1 Å². The summed E-state index contributed by atoms with van der Waals surface area (Å²) >= 11 is 6.28. The molecule has 128 valence electrons. The topological polar surface area (TPSA) is 41.9 Å². The number of hydrogen-bond acceptors (Lipinski definition) is 3. The van der Waals surface area contributed by atoms with E-state index in [0.29, 0.717) is 22.1 Å². The van der Waals surface area contributed by atoms with E-state index in [2.05, 4.69) is 5.10 Å². The van der Waals surface area contributed by atoms with Crippen LogP contribution in [0.3, 0.4) is 0 Å². The molecular weight excluding hydrogens is 336 g/mol. The fourth-order valence-electron chi connectivity index (χ4n) is 2.55. The molecule has 0 unspecified atom stereocenters. The maximum absolute atomic E-state index is 12.7. The molecule has 0 N–H and O–H groups in total. The minimum absolute atomic E-state index is 0.0481. The van der Waals surface area contributed by atoms with Gasteiger partial charge in [0.05, 0.1) is 28.1 Å². The number of hydrogen-bond donors (Lipinski definition) is 0. The molecule has 3 rings (SSSR count). The van der Waals surface area contributed by atoms with E-state index in [0.717, 1.165) is 11.3 Å². The Labute approximate surface area is 152 Å². The molecule has 0 atom stereocenters. The Balaban J connectivity index is 1.88. The highest BCUT2D eigenvalue weighted by atomic mass is 35.5. The molecule has 0 spiro atoms. The van der Waals surface area contributed by atoms with Gasteiger partial charge in [0.25, 0.3) is 5.91 Å². The van der Waals surface area contributed by atoms with Gasteiger partial charge in [-0.05, 0) is 56.7 Å². The van der Waals surface area contributed by atoms with Crippen molar-refractivity contribution in [2.24, 2.45) is 5.10 Å². The molecule has 1 heterocycles. The zero-order chi connectivity index (χ0) is 18.0. The first-order valence-electron chi connectivity index (χ1n) is 8.08. The predicted octanol–water partition coefficient (Wildman–Crippen LogP) is 4.93. The van der Waals surface area contributed by atoms with Crippen LogP contribution in [0.4, 0.5) is 5.69 Å². The van der Waals surface area contributed by atoms with Crippen LogP contribution in [0, 0.1) is 0 Å². The van der Waals surface area contributed by atoms with Gasteiger partial charge < -0.3 is 4.74 Å². The lowest BCUT2D eigenvalue weighted by molar-refractivity contribution is -0.114. The van der Waals surface area contributed by atoms with Crippen molar-refractivity contribution in [1.82, 2.24) is 0 Å². The van der Waals surface area contributed by atoms with Crippen LogP contribution in [0.1, 0.15) is 26.3 Å². The summed E-state index contributed by atoms with van der Waals surface area (Å²) in [6, 6.07) is 14.8. The van der Waals surface area contributed by atoms with Gasteiger partial charge in [-0.2, -0.15) is 10.1 Å². The SMILES string of the molecule is CC1=NN(c2ccccc2)C(=O)/C1=C/c1ccc(OC(C)C)c(Cl)c1. The summed E-state index contributed by atoms with van der Waals surface area (Å²) in [6.07, 6.45) is 1.85. The number of anilines is 1. The minimum atomic E-state index is -0.151. The molecule has 1 amide bonds. The van der Waals surface area contributed by atoms with E-state index in [-0.39, 0.29) is 12.0 Å². The van der Waals surface area contributed by atoms with Crippen LogP contribution < -0.4 is 9.75 Å². The molecule has 0 bridgehead atoms. The monoisotopic (exact) mass is 354 g/mol. The first kappa shape index (κ1) is 17.2. The second-order valence-corrected chi connectivity index (χ2v) is 6.46. The lowest BCUT2D eigenvalue weighted by Crippen LogP contribution is -2.21. The molecule has 1 aliphatic rings. The highest BCUT2D eigenvalue weighted by Gasteiger charge is 2.28. The first-order chi connectivity index (χ1) is 12.0. The zero-order valence-corrected chi connectivity index (χ0v) is 15.1. The summed E-state index contributed by atoms with van der Waals surface area (Å²) in [4.78, 5) is 12.7. The van der Waals surface area contributed by atoms with Gasteiger partial charge in [-0.25, -0.2) is 0 Å². The average Bonchev–Trinajstić information content (AvgIpc) is 2.86. The van der Waals surface area contributed by atoms with Crippen molar-refractivity contribution in [3.8, 4) is 5.75 Å². The van der Waals surface area contributed by atoms with Crippen molar-refractivity contribution in [2.75, 3.05) is 5.01 Å². The summed E-state index contributed by atoms with van der Waals surface area (Å²) in [6.45, 7) is 5.72. The zero-order valence-electron chi connectivity index (χ0n) is 14.4. The molecule has 0 saturated heterocycles. The highest BCUT2D eigenvalue weighted by Crippen LogP contribution is 2.29. The largest absolute Gasteiger partial charge is 0.489 e. The number of para-hydroxylation sites is 1. The summed E-state index contributed by atoms with van der Waals surface area (Å²) in [7, 11) is 0. The third-order valence-corrected chi connectivity index (χ3v) is 3.99. The lowest BCUT2D eigenvalue weighted by atomic mass is 10.1. The van der Waals surface area contributed by atoms with Crippen molar-refractivity contribution in [2.45, 2.75) is 26.9 Å². The smallest absolute Gasteiger partial charge is 0.280 e. The maximum Gasteiger partial charge on any atom is 0.280 e. The van der Waals surface area contributed by atoms with Crippen LogP contribution in [0.15, 0.2) is 59.2 Å². The highest BCUT2D eigenvalue weighted by molar-refractivity contribution is 6.33. The standard InChI is InChI=1S/C20H19ClN2O2/c1-13(2)25-19-10-9-15(12-18(19)21)11-17-14(3)22-23(20(17)24)16-7-5-4-6-8-16/h4-13H,1-3H3/b17-11+. The number of hydrazone groups is 1.